The van der Waals surface area contributed by atoms with Crippen LogP contribution in [0.5, 0.6) is 0 Å². The molecule has 0 radical (unpaired) electrons. The van der Waals surface area contributed by atoms with Crippen LogP contribution in [-0.4, -0.2) is 4.98 Å². The van der Waals surface area contributed by atoms with Crippen LogP contribution in [0.25, 0.3) is 0 Å². The number of rotatable bonds is 0. The smallest absolute Gasteiger partial charge is 0.137 e. The minimum absolute atomic E-state index is 0.481. The molecule has 2 nitrogen and oxygen atoms in total. The average Bonchev–Trinajstić information content (AvgIpc) is 1.94. The number of hydrogen-bond donors (Lipinski definition) is 1. The van der Waals surface area contributed by atoms with E-state index in [1.165, 1.54) is 0 Å². The molecule has 1 heterocycles. The van der Waals surface area contributed by atoms with Crippen molar-refractivity contribution in [1.82, 2.24) is 4.98 Å². The summed E-state index contributed by atoms with van der Waals surface area (Å²) in [5, 5.41) is 0. The summed E-state index contributed by atoms with van der Waals surface area (Å²) < 4.78 is 0.703. The lowest BCUT2D eigenvalue weighted by Crippen LogP contribution is -1.92. The van der Waals surface area contributed by atoms with Gasteiger partial charge in [0.15, 0.2) is 0 Å². The van der Waals surface area contributed by atoms with E-state index in [1.807, 2.05) is 0 Å². The Morgan fingerprint density at radius 1 is 1.60 bits per heavy atom. The van der Waals surface area contributed by atoms with Crippen LogP contribution >= 0.6 is 15.9 Å². The van der Waals surface area contributed by atoms with Crippen molar-refractivity contribution in [3.8, 4) is 12.3 Å². The van der Waals surface area contributed by atoms with E-state index in [2.05, 4.69) is 26.8 Å². The third-order valence-electron chi connectivity index (χ3n) is 1.03. The number of nitrogens with zero attached hydrogens (tertiary/aromatic N) is 1. The summed E-state index contributed by atoms with van der Waals surface area (Å²) in [6, 6.07) is 3.46. The molecule has 0 aliphatic heterocycles. The molecule has 0 spiro atoms. The molecule has 0 saturated carbocycles. The molecule has 50 valence electrons. The topological polar surface area (TPSA) is 38.9 Å². The van der Waals surface area contributed by atoms with E-state index in [9.17, 15) is 0 Å². The fraction of sp³-hybridized carbons (Fsp3) is 0. The maximum atomic E-state index is 5.47. The number of nitrogen functional groups attached to an aromatic ring is 1. The van der Waals surface area contributed by atoms with Gasteiger partial charge in [0.25, 0.3) is 0 Å². The van der Waals surface area contributed by atoms with E-state index >= 15 is 0 Å². The van der Waals surface area contributed by atoms with Gasteiger partial charge in [0.2, 0.25) is 0 Å². The van der Waals surface area contributed by atoms with Gasteiger partial charge >= 0.3 is 0 Å². The summed E-state index contributed by atoms with van der Waals surface area (Å²) >= 11 is 3.17. The summed E-state index contributed by atoms with van der Waals surface area (Å²) in [6.45, 7) is 0. The van der Waals surface area contributed by atoms with Crippen molar-refractivity contribution in [1.29, 1.82) is 0 Å². The number of nitrogens with two attached hydrogens (primary N) is 1. The molecule has 1 aromatic heterocycles. The molecule has 0 amide bonds. The maximum absolute atomic E-state index is 5.47. The molecular weight excluding hydrogens is 192 g/mol. The summed E-state index contributed by atoms with van der Waals surface area (Å²) in [5.74, 6) is 2.37. The number of pyridine rings is 1. The van der Waals surface area contributed by atoms with E-state index in [-0.39, 0.29) is 0 Å². The molecule has 0 aromatic carbocycles. The second-order valence-electron chi connectivity index (χ2n) is 1.72. The number of anilines is 1. The normalized spacial score (nSPS) is 8.80. The third kappa shape index (κ3) is 1.28. The zero-order chi connectivity index (χ0) is 7.56. The summed E-state index contributed by atoms with van der Waals surface area (Å²) in [7, 11) is 0. The van der Waals surface area contributed by atoms with E-state index in [0.717, 1.165) is 0 Å². The standard InChI is InChI=1S/C7H5BrN2/c1-2-6-5(9)3-4-7(8)10-6/h1,3-4H,9H2. The van der Waals surface area contributed by atoms with Crippen LogP contribution in [0.3, 0.4) is 0 Å². The second kappa shape index (κ2) is 2.72. The molecule has 1 rings (SSSR count). The van der Waals surface area contributed by atoms with Crippen LogP contribution in [0.1, 0.15) is 5.69 Å². The lowest BCUT2D eigenvalue weighted by Gasteiger charge is -1.95. The van der Waals surface area contributed by atoms with Gasteiger partial charge in [-0.15, -0.1) is 6.42 Å². The molecule has 0 aliphatic rings. The van der Waals surface area contributed by atoms with Gasteiger partial charge in [-0.25, -0.2) is 4.98 Å². The van der Waals surface area contributed by atoms with Gasteiger partial charge in [-0.2, -0.15) is 0 Å². The van der Waals surface area contributed by atoms with E-state index in [4.69, 9.17) is 12.2 Å². The quantitative estimate of drug-likeness (QED) is 0.504. The van der Waals surface area contributed by atoms with Gasteiger partial charge in [-0.1, -0.05) is 0 Å². The first-order valence-corrected chi connectivity index (χ1v) is 3.42. The monoisotopic (exact) mass is 196 g/mol. The van der Waals surface area contributed by atoms with Crippen molar-refractivity contribution in [2.45, 2.75) is 0 Å². The van der Waals surface area contributed by atoms with Gasteiger partial charge in [0.05, 0.1) is 5.69 Å². The Kier molecular flexibility index (Phi) is 1.93. The molecule has 2 N–H and O–H groups in total. The number of halogens is 1. The molecule has 1 aromatic rings. The predicted octanol–water partition coefficient (Wildman–Crippen LogP) is 1.41. The van der Waals surface area contributed by atoms with E-state index in [1.54, 1.807) is 12.1 Å². The van der Waals surface area contributed by atoms with Crippen molar-refractivity contribution in [2.75, 3.05) is 5.73 Å². The highest BCUT2D eigenvalue weighted by Gasteiger charge is 1.95. The zero-order valence-electron chi connectivity index (χ0n) is 5.13. The van der Waals surface area contributed by atoms with Gasteiger partial charge in [0, 0.05) is 0 Å². The SMILES string of the molecule is C#Cc1nc(Br)ccc1N. The molecule has 0 atom stereocenters. The summed E-state index contributed by atoms with van der Waals surface area (Å²) in [6.07, 6.45) is 5.11. The lowest BCUT2D eigenvalue weighted by atomic mass is 10.3. The maximum Gasteiger partial charge on any atom is 0.137 e. The van der Waals surface area contributed by atoms with Crippen molar-refractivity contribution in [2.24, 2.45) is 0 Å². The Balaban J connectivity index is 3.25. The van der Waals surface area contributed by atoms with Gasteiger partial charge < -0.3 is 5.73 Å². The van der Waals surface area contributed by atoms with Crippen LogP contribution in [-0.2, 0) is 0 Å². The highest BCUT2D eigenvalue weighted by atomic mass is 79.9. The van der Waals surface area contributed by atoms with E-state index in [0.29, 0.717) is 16.0 Å². The molecule has 0 aliphatic carbocycles. The van der Waals surface area contributed by atoms with Gasteiger partial charge in [0.1, 0.15) is 10.3 Å². The number of aromatic nitrogens is 1. The van der Waals surface area contributed by atoms with Crippen molar-refractivity contribution in [3.05, 3.63) is 22.4 Å². The first kappa shape index (κ1) is 7.10. The van der Waals surface area contributed by atoms with Crippen LogP contribution in [0.15, 0.2) is 16.7 Å². The molecule has 0 saturated heterocycles. The summed E-state index contributed by atoms with van der Waals surface area (Å²) in [4.78, 5) is 3.95. The number of hydrogen-bond acceptors (Lipinski definition) is 2. The van der Waals surface area contributed by atoms with Gasteiger partial charge in [-0.3, -0.25) is 0 Å². The van der Waals surface area contributed by atoms with Crippen LogP contribution in [0, 0.1) is 12.3 Å². The lowest BCUT2D eigenvalue weighted by molar-refractivity contribution is 1.25. The third-order valence-corrected chi connectivity index (χ3v) is 1.47. The predicted molar refractivity (Wildman–Crippen MR) is 44.3 cm³/mol. The molecule has 0 unspecified atom stereocenters. The van der Waals surface area contributed by atoms with Crippen molar-refractivity contribution < 1.29 is 0 Å². The molecule has 10 heavy (non-hydrogen) atoms. The van der Waals surface area contributed by atoms with Crippen molar-refractivity contribution in [3.63, 3.8) is 0 Å². The molecular formula is C7H5BrN2. The average molecular weight is 197 g/mol. The van der Waals surface area contributed by atoms with E-state index < -0.39 is 0 Å². The van der Waals surface area contributed by atoms with Crippen LogP contribution < -0.4 is 5.73 Å². The molecule has 3 heteroatoms. The van der Waals surface area contributed by atoms with Crippen molar-refractivity contribution >= 4 is 21.6 Å². The summed E-state index contributed by atoms with van der Waals surface area (Å²) in [5.41, 5.74) is 6.49. The second-order valence-corrected chi connectivity index (χ2v) is 2.53. The molecule has 0 bridgehead atoms. The first-order chi connectivity index (χ1) is 4.74. The van der Waals surface area contributed by atoms with Crippen LogP contribution in [0.4, 0.5) is 5.69 Å². The zero-order valence-corrected chi connectivity index (χ0v) is 6.72. The van der Waals surface area contributed by atoms with Crippen LogP contribution in [0.2, 0.25) is 0 Å². The molecule has 0 fully saturated rings. The largest absolute Gasteiger partial charge is 0.396 e. The Hall–Kier alpha value is -1.01. The fourth-order valence-electron chi connectivity index (χ4n) is 0.562. The minimum Gasteiger partial charge on any atom is -0.396 e. The Labute approximate surface area is 67.6 Å². The highest BCUT2D eigenvalue weighted by molar-refractivity contribution is 9.10. The Morgan fingerprint density at radius 2 is 2.30 bits per heavy atom. The van der Waals surface area contributed by atoms with Gasteiger partial charge in [-0.05, 0) is 34.0 Å². The highest BCUT2D eigenvalue weighted by Crippen LogP contribution is 2.12. The first-order valence-electron chi connectivity index (χ1n) is 2.62. The number of terminal acetylenes is 1. The minimum atomic E-state index is 0.481. The fourth-order valence-corrected chi connectivity index (χ4v) is 0.871. The Morgan fingerprint density at radius 3 is 2.80 bits per heavy atom. The Bertz CT molecular complexity index is 288.